The Kier molecular flexibility index (Phi) is 3.57. The van der Waals surface area contributed by atoms with E-state index in [1.807, 2.05) is 0 Å². The molecule has 18 heavy (non-hydrogen) atoms. The van der Waals surface area contributed by atoms with Crippen molar-refractivity contribution < 1.29 is 19.7 Å². The van der Waals surface area contributed by atoms with Crippen molar-refractivity contribution in [3.05, 3.63) is 29.8 Å². The number of rotatable bonds is 3. The minimum Gasteiger partial charge on any atom is -0.508 e. The summed E-state index contributed by atoms with van der Waals surface area (Å²) in [5, 5.41) is 20.7. The molecule has 2 rings (SSSR count). The van der Waals surface area contributed by atoms with E-state index < -0.39 is 11.6 Å². The van der Waals surface area contributed by atoms with Crippen molar-refractivity contribution in [3.8, 4) is 5.75 Å². The highest BCUT2D eigenvalue weighted by molar-refractivity contribution is 5.82. The number of phenols is 1. The predicted octanol–water partition coefficient (Wildman–Crippen LogP) is 1.94. The second kappa shape index (κ2) is 4.98. The molecule has 1 aromatic carbocycles. The number of hydrogen-bond acceptors (Lipinski definition) is 4. The molecule has 1 aliphatic rings. The number of aliphatic hydroxyl groups is 1. The first-order chi connectivity index (χ1) is 8.60. The Hall–Kier alpha value is -1.55. The summed E-state index contributed by atoms with van der Waals surface area (Å²) in [6, 6.07) is 6.39. The van der Waals surface area contributed by atoms with Crippen molar-refractivity contribution in [1.29, 1.82) is 0 Å². The van der Waals surface area contributed by atoms with Crippen LogP contribution in [0.5, 0.6) is 5.75 Å². The third kappa shape index (κ3) is 1.97. The van der Waals surface area contributed by atoms with Crippen molar-refractivity contribution in [3.63, 3.8) is 0 Å². The van der Waals surface area contributed by atoms with Crippen molar-refractivity contribution in [2.45, 2.75) is 31.3 Å². The fourth-order valence-corrected chi connectivity index (χ4v) is 2.79. The Labute approximate surface area is 106 Å². The molecule has 98 valence electrons. The fraction of sp³-hybridized carbons (Fsp3) is 0.500. The minimum absolute atomic E-state index is 0.0719. The molecular formula is C14H18O4. The third-order valence-electron chi connectivity index (χ3n) is 3.76. The van der Waals surface area contributed by atoms with Gasteiger partial charge in [-0.2, -0.15) is 0 Å². The Balaban J connectivity index is 2.48. The third-order valence-corrected chi connectivity index (χ3v) is 3.76. The molecule has 4 heteroatoms. The van der Waals surface area contributed by atoms with Gasteiger partial charge in [-0.3, -0.25) is 0 Å². The van der Waals surface area contributed by atoms with Gasteiger partial charge in [-0.15, -0.1) is 0 Å². The van der Waals surface area contributed by atoms with Crippen molar-refractivity contribution >= 4 is 5.97 Å². The number of carbonyl (C=O) groups excluding carboxylic acids is 1. The summed E-state index contributed by atoms with van der Waals surface area (Å²) in [6.45, 7) is 0. The number of carbonyl (C=O) groups is 1. The zero-order valence-electron chi connectivity index (χ0n) is 10.4. The van der Waals surface area contributed by atoms with Gasteiger partial charge in [-0.25, -0.2) is 4.79 Å². The van der Waals surface area contributed by atoms with Crippen LogP contribution in [0.3, 0.4) is 0 Å². The van der Waals surface area contributed by atoms with E-state index >= 15 is 0 Å². The second-order valence-electron chi connectivity index (χ2n) is 4.76. The number of ether oxygens (including phenoxy) is 1. The van der Waals surface area contributed by atoms with Crippen LogP contribution < -0.4 is 0 Å². The van der Waals surface area contributed by atoms with E-state index in [9.17, 15) is 15.0 Å². The molecule has 0 bridgehead atoms. The van der Waals surface area contributed by atoms with Crippen LogP contribution in [0.2, 0.25) is 0 Å². The highest BCUT2D eigenvalue weighted by atomic mass is 16.5. The van der Waals surface area contributed by atoms with Crippen LogP contribution in [0, 0.1) is 5.92 Å². The predicted molar refractivity (Wildman–Crippen MR) is 66.0 cm³/mol. The zero-order chi connectivity index (χ0) is 13.2. The summed E-state index contributed by atoms with van der Waals surface area (Å²) in [5.74, 6) is -0.966. The molecule has 1 atom stereocenters. The molecule has 4 nitrogen and oxygen atoms in total. The van der Waals surface area contributed by atoms with Gasteiger partial charge in [-0.1, -0.05) is 31.0 Å². The Morgan fingerprint density at radius 2 is 1.94 bits per heavy atom. The second-order valence-corrected chi connectivity index (χ2v) is 4.76. The van der Waals surface area contributed by atoms with Crippen LogP contribution in [0.25, 0.3) is 0 Å². The standard InChI is InChI=1S/C14H18O4/c1-18-13(16)14(17,10-6-2-3-7-10)11-8-4-5-9-12(11)15/h4-5,8-10,15,17H,2-3,6-7H2,1H3. The number of esters is 1. The Morgan fingerprint density at radius 1 is 1.33 bits per heavy atom. The molecule has 0 heterocycles. The summed E-state index contributed by atoms with van der Waals surface area (Å²) < 4.78 is 4.74. The maximum atomic E-state index is 12.0. The van der Waals surface area contributed by atoms with E-state index in [-0.39, 0.29) is 17.2 Å². The first-order valence-electron chi connectivity index (χ1n) is 6.20. The molecule has 0 amide bonds. The van der Waals surface area contributed by atoms with Gasteiger partial charge in [0, 0.05) is 11.5 Å². The lowest BCUT2D eigenvalue weighted by atomic mass is 9.79. The number of benzene rings is 1. The molecular weight excluding hydrogens is 232 g/mol. The smallest absolute Gasteiger partial charge is 0.343 e. The van der Waals surface area contributed by atoms with Crippen LogP contribution in [-0.4, -0.2) is 23.3 Å². The number of hydrogen-bond donors (Lipinski definition) is 2. The van der Waals surface area contributed by atoms with Gasteiger partial charge in [0.15, 0.2) is 5.60 Å². The van der Waals surface area contributed by atoms with Gasteiger partial charge in [0.1, 0.15) is 5.75 Å². The van der Waals surface area contributed by atoms with Gasteiger partial charge in [0.25, 0.3) is 0 Å². The summed E-state index contributed by atoms with van der Waals surface area (Å²) >= 11 is 0. The van der Waals surface area contributed by atoms with Gasteiger partial charge in [0.2, 0.25) is 0 Å². The molecule has 0 spiro atoms. The first kappa shape index (κ1) is 12.9. The van der Waals surface area contributed by atoms with Crippen molar-refractivity contribution in [2.75, 3.05) is 7.11 Å². The normalized spacial score (nSPS) is 19.4. The Morgan fingerprint density at radius 3 is 2.50 bits per heavy atom. The Bertz CT molecular complexity index is 437. The zero-order valence-corrected chi connectivity index (χ0v) is 10.4. The van der Waals surface area contributed by atoms with E-state index in [1.54, 1.807) is 18.2 Å². The maximum absolute atomic E-state index is 12.0. The number of para-hydroxylation sites is 1. The van der Waals surface area contributed by atoms with Gasteiger partial charge >= 0.3 is 5.97 Å². The SMILES string of the molecule is COC(=O)C(O)(c1ccccc1O)C1CCCC1. The molecule has 0 aromatic heterocycles. The molecule has 1 aromatic rings. The molecule has 0 radical (unpaired) electrons. The molecule has 1 aliphatic carbocycles. The lowest BCUT2D eigenvalue weighted by Gasteiger charge is -2.32. The van der Waals surface area contributed by atoms with Crippen LogP contribution in [-0.2, 0) is 15.1 Å². The first-order valence-corrected chi connectivity index (χ1v) is 6.20. The monoisotopic (exact) mass is 250 g/mol. The molecule has 1 fully saturated rings. The van der Waals surface area contributed by atoms with Gasteiger partial charge < -0.3 is 14.9 Å². The van der Waals surface area contributed by atoms with Crippen LogP contribution in [0.4, 0.5) is 0 Å². The lowest BCUT2D eigenvalue weighted by Crippen LogP contribution is -2.43. The summed E-state index contributed by atoms with van der Waals surface area (Å²) in [4.78, 5) is 12.0. The van der Waals surface area contributed by atoms with Crippen LogP contribution in [0.15, 0.2) is 24.3 Å². The van der Waals surface area contributed by atoms with E-state index in [0.29, 0.717) is 0 Å². The highest BCUT2D eigenvalue weighted by Gasteiger charge is 2.48. The minimum atomic E-state index is -1.74. The highest BCUT2D eigenvalue weighted by Crippen LogP contribution is 2.43. The summed E-state index contributed by atoms with van der Waals surface area (Å²) in [5.41, 5.74) is -1.50. The number of methoxy groups -OCH3 is 1. The van der Waals surface area contributed by atoms with Gasteiger partial charge in [0.05, 0.1) is 7.11 Å². The lowest BCUT2D eigenvalue weighted by molar-refractivity contribution is -0.170. The summed E-state index contributed by atoms with van der Waals surface area (Å²) in [7, 11) is 1.25. The number of phenolic OH excluding ortho intramolecular Hbond substituents is 1. The van der Waals surface area contributed by atoms with E-state index in [0.717, 1.165) is 25.7 Å². The maximum Gasteiger partial charge on any atom is 0.343 e. The van der Waals surface area contributed by atoms with Crippen LogP contribution >= 0.6 is 0 Å². The average Bonchev–Trinajstić information content (AvgIpc) is 2.91. The average molecular weight is 250 g/mol. The fourth-order valence-electron chi connectivity index (χ4n) is 2.79. The largest absolute Gasteiger partial charge is 0.508 e. The molecule has 1 saturated carbocycles. The van der Waals surface area contributed by atoms with Crippen LogP contribution in [0.1, 0.15) is 31.2 Å². The van der Waals surface area contributed by atoms with E-state index in [1.165, 1.54) is 13.2 Å². The quantitative estimate of drug-likeness (QED) is 0.805. The van der Waals surface area contributed by atoms with E-state index in [4.69, 9.17) is 4.74 Å². The molecule has 0 aliphatic heterocycles. The van der Waals surface area contributed by atoms with E-state index in [2.05, 4.69) is 0 Å². The number of aromatic hydroxyl groups is 1. The topological polar surface area (TPSA) is 66.8 Å². The molecule has 1 unspecified atom stereocenters. The van der Waals surface area contributed by atoms with Gasteiger partial charge in [-0.05, 0) is 18.9 Å². The molecule has 2 N–H and O–H groups in total. The van der Waals surface area contributed by atoms with Crippen molar-refractivity contribution in [1.82, 2.24) is 0 Å². The summed E-state index contributed by atoms with van der Waals surface area (Å²) in [6.07, 6.45) is 3.50. The molecule has 0 saturated heterocycles. The van der Waals surface area contributed by atoms with Crippen molar-refractivity contribution in [2.24, 2.45) is 5.92 Å².